The van der Waals surface area contributed by atoms with Gasteiger partial charge in [-0.05, 0) is 48.5 Å². The summed E-state index contributed by atoms with van der Waals surface area (Å²) in [6.07, 6.45) is 0. The van der Waals surface area contributed by atoms with Crippen molar-refractivity contribution in [2.75, 3.05) is 7.11 Å². The molecule has 0 aliphatic heterocycles. The maximum absolute atomic E-state index is 9.20. The number of methoxy groups -OCH3 is 1. The summed E-state index contributed by atoms with van der Waals surface area (Å²) in [7, 11) is 1.59. The Morgan fingerprint density at radius 2 is 1.52 bits per heavy atom. The van der Waals surface area contributed by atoms with Crippen LogP contribution in [0.15, 0.2) is 54.6 Å². The molecule has 0 unspecified atom stereocenters. The second-order valence-electron chi connectivity index (χ2n) is 5.00. The molecule has 6 heteroatoms. The van der Waals surface area contributed by atoms with Gasteiger partial charge in [-0.3, -0.25) is 0 Å². The highest BCUT2D eigenvalue weighted by Gasteiger charge is 2.09. The number of hydrogen-bond acceptors (Lipinski definition) is 6. The van der Waals surface area contributed by atoms with Crippen LogP contribution >= 0.6 is 0 Å². The van der Waals surface area contributed by atoms with E-state index in [-0.39, 0.29) is 11.7 Å². The Morgan fingerprint density at radius 1 is 0.840 bits per heavy atom. The lowest BCUT2D eigenvalue weighted by Crippen LogP contribution is -1.97. The smallest absolute Gasteiger partial charge is 0.323 e. The normalized spacial score (nSPS) is 9.72. The van der Waals surface area contributed by atoms with Gasteiger partial charge in [0.15, 0.2) is 0 Å². The average molecular weight is 328 g/mol. The lowest BCUT2D eigenvalue weighted by Gasteiger charge is -2.07. The second-order valence-corrected chi connectivity index (χ2v) is 5.00. The monoisotopic (exact) mass is 328 g/mol. The van der Waals surface area contributed by atoms with Gasteiger partial charge in [-0.1, -0.05) is 0 Å². The van der Waals surface area contributed by atoms with E-state index in [0.717, 1.165) is 11.3 Å². The quantitative estimate of drug-likeness (QED) is 0.725. The van der Waals surface area contributed by atoms with Gasteiger partial charge in [-0.15, -0.1) is 0 Å². The summed E-state index contributed by atoms with van der Waals surface area (Å²) in [5, 5.41) is 18.0. The molecule has 2 aromatic carbocycles. The van der Waals surface area contributed by atoms with E-state index >= 15 is 0 Å². The molecule has 0 atom stereocenters. The van der Waals surface area contributed by atoms with Crippen molar-refractivity contribution in [1.82, 2.24) is 9.97 Å². The van der Waals surface area contributed by atoms with Crippen LogP contribution in [-0.2, 0) is 0 Å². The van der Waals surface area contributed by atoms with Crippen LogP contribution in [0.2, 0.25) is 0 Å². The van der Waals surface area contributed by atoms with Crippen molar-refractivity contribution in [3.05, 3.63) is 65.9 Å². The molecule has 1 aromatic heterocycles. The van der Waals surface area contributed by atoms with Crippen molar-refractivity contribution in [3.63, 3.8) is 0 Å². The lowest BCUT2D eigenvalue weighted by atomic mass is 10.1. The largest absolute Gasteiger partial charge is 0.497 e. The number of rotatable bonds is 4. The van der Waals surface area contributed by atoms with Gasteiger partial charge in [0.25, 0.3) is 0 Å². The van der Waals surface area contributed by atoms with Crippen LogP contribution in [0.5, 0.6) is 17.5 Å². The molecule has 0 aliphatic carbocycles. The summed E-state index contributed by atoms with van der Waals surface area (Å²) in [6, 6.07) is 19.6. The molecule has 0 aliphatic rings. The Hall–Kier alpha value is -3.90. The maximum atomic E-state index is 9.20. The van der Waals surface area contributed by atoms with Crippen molar-refractivity contribution in [2.45, 2.75) is 0 Å². The van der Waals surface area contributed by atoms with Crippen LogP contribution in [0, 0.1) is 22.7 Å². The molecule has 0 N–H and O–H groups in total. The van der Waals surface area contributed by atoms with Crippen LogP contribution in [-0.4, -0.2) is 17.1 Å². The third-order valence-electron chi connectivity index (χ3n) is 3.40. The number of nitriles is 2. The Labute approximate surface area is 144 Å². The summed E-state index contributed by atoms with van der Waals surface area (Å²) >= 11 is 0. The second kappa shape index (κ2) is 7.12. The molecule has 1 heterocycles. The third kappa shape index (κ3) is 3.72. The summed E-state index contributed by atoms with van der Waals surface area (Å²) in [5.74, 6) is 1.21. The number of ether oxygens (including phenoxy) is 2. The molecular formula is C19H12N4O2. The van der Waals surface area contributed by atoms with Gasteiger partial charge in [0.1, 0.15) is 23.3 Å². The number of aromatic nitrogens is 2. The zero-order valence-corrected chi connectivity index (χ0v) is 13.3. The average Bonchev–Trinajstić information content (AvgIpc) is 2.68. The van der Waals surface area contributed by atoms with Gasteiger partial charge in [-0.25, -0.2) is 0 Å². The first-order valence-electron chi connectivity index (χ1n) is 7.33. The van der Waals surface area contributed by atoms with E-state index in [0.29, 0.717) is 17.0 Å². The molecule has 0 saturated carbocycles. The lowest BCUT2D eigenvalue weighted by molar-refractivity contribution is 0.415. The number of nitrogens with zero attached hydrogens (tertiary/aromatic N) is 4. The Balaban J connectivity index is 1.94. The maximum Gasteiger partial charge on any atom is 0.323 e. The molecule has 3 rings (SSSR count). The first-order valence-corrected chi connectivity index (χ1v) is 7.33. The molecule has 0 amide bonds. The molecule has 3 aromatic rings. The van der Waals surface area contributed by atoms with Crippen molar-refractivity contribution in [2.24, 2.45) is 0 Å². The predicted molar refractivity (Wildman–Crippen MR) is 90.0 cm³/mol. The van der Waals surface area contributed by atoms with E-state index < -0.39 is 0 Å². The fraction of sp³-hybridized carbons (Fsp3) is 0.0526. The van der Waals surface area contributed by atoms with Crippen LogP contribution in [0.4, 0.5) is 0 Å². The fourth-order valence-corrected chi connectivity index (χ4v) is 2.14. The molecule has 0 saturated heterocycles. The van der Waals surface area contributed by atoms with Crippen molar-refractivity contribution >= 4 is 0 Å². The van der Waals surface area contributed by atoms with Crippen LogP contribution in [0.25, 0.3) is 11.3 Å². The summed E-state index contributed by atoms with van der Waals surface area (Å²) < 4.78 is 10.8. The minimum Gasteiger partial charge on any atom is -0.497 e. The zero-order valence-electron chi connectivity index (χ0n) is 13.3. The number of hydrogen-bond donors (Lipinski definition) is 0. The van der Waals surface area contributed by atoms with Gasteiger partial charge in [0, 0.05) is 11.6 Å². The molecule has 120 valence electrons. The van der Waals surface area contributed by atoms with Crippen LogP contribution in [0.1, 0.15) is 11.3 Å². The highest BCUT2D eigenvalue weighted by Crippen LogP contribution is 2.25. The molecule has 0 spiro atoms. The SMILES string of the molecule is COc1ccc(-c2cc(C#N)nc(Oc3ccc(C#N)cc3)n2)cc1. The predicted octanol–water partition coefficient (Wildman–Crippen LogP) is 3.69. The van der Waals surface area contributed by atoms with Gasteiger partial charge in [-0.2, -0.15) is 20.5 Å². The Kier molecular flexibility index (Phi) is 4.55. The molecule has 0 bridgehead atoms. The number of benzene rings is 2. The first-order chi connectivity index (χ1) is 12.2. The van der Waals surface area contributed by atoms with Gasteiger partial charge in [0.05, 0.1) is 24.4 Å². The molecule has 6 nitrogen and oxygen atoms in total. The van der Waals surface area contributed by atoms with Crippen LogP contribution < -0.4 is 9.47 Å². The van der Waals surface area contributed by atoms with Crippen molar-refractivity contribution < 1.29 is 9.47 Å². The fourth-order valence-electron chi connectivity index (χ4n) is 2.14. The van der Waals surface area contributed by atoms with Crippen molar-refractivity contribution in [3.8, 4) is 40.9 Å². The molecule has 0 radical (unpaired) electrons. The highest BCUT2D eigenvalue weighted by molar-refractivity contribution is 5.61. The Bertz CT molecular complexity index is 968. The third-order valence-corrected chi connectivity index (χ3v) is 3.40. The Morgan fingerprint density at radius 3 is 2.12 bits per heavy atom. The summed E-state index contributed by atoms with van der Waals surface area (Å²) in [5.41, 5.74) is 2.10. The van der Waals surface area contributed by atoms with Gasteiger partial charge < -0.3 is 9.47 Å². The zero-order chi connectivity index (χ0) is 17.6. The van der Waals surface area contributed by atoms with E-state index in [4.69, 9.17) is 14.7 Å². The van der Waals surface area contributed by atoms with E-state index in [2.05, 4.69) is 9.97 Å². The van der Waals surface area contributed by atoms with Crippen molar-refractivity contribution in [1.29, 1.82) is 10.5 Å². The van der Waals surface area contributed by atoms with E-state index in [1.807, 2.05) is 36.4 Å². The highest BCUT2D eigenvalue weighted by atomic mass is 16.5. The molecule has 25 heavy (non-hydrogen) atoms. The molecular weight excluding hydrogens is 316 g/mol. The summed E-state index contributed by atoms with van der Waals surface area (Å²) in [4.78, 5) is 8.42. The van der Waals surface area contributed by atoms with Gasteiger partial charge >= 0.3 is 6.01 Å². The standard InChI is InChI=1S/C19H12N4O2/c1-24-16-8-4-14(5-9-16)18-10-15(12-21)22-19(23-18)25-17-6-2-13(11-20)3-7-17/h2-10H,1H3. The van der Waals surface area contributed by atoms with E-state index in [9.17, 15) is 5.26 Å². The minimum absolute atomic E-state index is 0.0644. The van der Waals surface area contributed by atoms with E-state index in [1.54, 1.807) is 37.4 Å². The van der Waals surface area contributed by atoms with E-state index in [1.165, 1.54) is 0 Å². The van der Waals surface area contributed by atoms with Gasteiger partial charge in [0.2, 0.25) is 0 Å². The summed E-state index contributed by atoms with van der Waals surface area (Å²) in [6.45, 7) is 0. The minimum atomic E-state index is 0.0644. The first kappa shape index (κ1) is 16.0. The molecule has 0 fully saturated rings. The van der Waals surface area contributed by atoms with Crippen LogP contribution in [0.3, 0.4) is 0 Å². The topological polar surface area (TPSA) is 91.8 Å².